The number of benzene rings is 1. The van der Waals surface area contributed by atoms with Crippen molar-refractivity contribution in [1.82, 2.24) is 25.3 Å². The van der Waals surface area contributed by atoms with E-state index in [1.165, 1.54) is 28.0 Å². The largest absolute Gasteiger partial charge is 0.493 e. The van der Waals surface area contributed by atoms with Crippen molar-refractivity contribution in [1.29, 1.82) is 0 Å². The molecule has 7 rings (SSSR count). The van der Waals surface area contributed by atoms with E-state index in [-0.39, 0.29) is 12.1 Å². The second-order valence-electron chi connectivity index (χ2n) is 10.7. The fourth-order valence-electron chi connectivity index (χ4n) is 6.24. The first-order chi connectivity index (χ1) is 18.2. The summed E-state index contributed by atoms with van der Waals surface area (Å²) in [6, 6.07) is 6.55. The van der Waals surface area contributed by atoms with Crippen molar-refractivity contribution in [2.24, 2.45) is 0 Å². The van der Waals surface area contributed by atoms with Crippen molar-refractivity contribution in [3.63, 3.8) is 0 Å². The van der Waals surface area contributed by atoms with Crippen LogP contribution in [0.1, 0.15) is 52.1 Å². The van der Waals surface area contributed by atoms with Crippen LogP contribution in [0.3, 0.4) is 0 Å². The Balaban J connectivity index is 1.00. The number of nitrogens with one attached hydrogen (secondary N) is 2. The fraction of sp³-hybridized carbons (Fsp3) is 0.448. The molecule has 2 N–H and O–H groups in total. The van der Waals surface area contributed by atoms with Crippen molar-refractivity contribution in [2.45, 2.75) is 57.7 Å². The van der Waals surface area contributed by atoms with Crippen molar-refractivity contribution in [3.8, 4) is 17.0 Å². The van der Waals surface area contributed by atoms with Crippen LogP contribution >= 0.6 is 11.3 Å². The molecule has 1 fully saturated rings. The van der Waals surface area contributed by atoms with Crippen molar-refractivity contribution >= 4 is 23.4 Å². The SMILES string of the molecule is O=C(NC1CCCN(Cc2csc3c2C=CCC3)C1)N1CCc2[nH]nc(-c3ccc4c(c3)CCO4)c2C1. The van der Waals surface area contributed by atoms with Crippen molar-refractivity contribution in [3.05, 3.63) is 62.5 Å². The maximum atomic E-state index is 13.4. The lowest BCUT2D eigenvalue weighted by Crippen LogP contribution is -2.52. The number of nitrogens with zero attached hydrogens (tertiary/aromatic N) is 3. The van der Waals surface area contributed by atoms with E-state index in [0.717, 1.165) is 86.6 Å². The third kappa shape index (κ3) is 4.46. The Hall–Kier alpha value is -3.10. The van der Waals surface area contributed by atoms with Gasteiger partial charge in [-0.15, -0.1) is 11.3 Å². The van der Waals surface area contributed by atoms with Gasteiger partial charge in [0, 0.05) is 60.2 Å². The molecule has 3 aromatic rings. The zero-order valence-corrected chi connectivity index (χ0v) is 21.9. The number of ether oxygens (including phenoxy) is 1. The average molecular weight is 516 g/mol. The zero-order chi connectivity index (χ0) is 24.8. The van der Waals surface area contributed by atoms with Gasteiger partial charge in [0.15, 0.2) is 0 Å². The number of piperidine rings is 1. The minimum absolute atomic E-state index is 0.0443. The Morgan fingerprint density at radius 1 is 1.24 bits per heavy atom. The number of rotatable bonds is 4. The summed E-state index contributed by atoms with van der Waals surface area (Å²) in [6.07, 6.45) is 10.8. The van der Waals surface area contributed by atoms with Crippen LogP contribution in [-0.4, -0.2) is 58.3 Å². The molecule has 7 nitrogen and oxygen atoms in total. The molecule has 0 radical (unpaired) electrons. The number of hydrogen-bond acceptors (Lipinski definition) is 5. The van der Waals surface area contributed by atoms with Crippen LogP contribution in [0.4, 0.5) is 4.79 Å². The number of aryl methyl sites for hydroxylation is 1. The van der Waals surface area contributed by atoms with Gasteiger partial charge in [0.05, 0.1) is 18.8 Å². The first-order valence-electron chi connectivity index (χ1n) is 13.6. The molecule has 0 saturated carbocycles. The first-order valence-corrected chi connectivity index (χ1v) is 14.4. The summed E-state index contributed by atoms with van der Waals surface area (Å²) < 4.78 is 5.67. The second kappa shape index (κ2) is 9.65. The molecule has 5 heterocycles. The van der Waals surface area contributed by atoms with Crippen LogP contribution in [0.2, 0.25) is 0 Å². The number of aromatic nitrogens is 2. The number of amides is 2. The molecule has 0 spiro atoms. The molecule has 2 aromatic heterocycles. The van der Waals surface area contributed by atoms with Crippen LogP contribution in [0.25, 0.3) is 17.3 Å². The molecule has 1 aliphatic carbocycles. The van der Waals surface area contributed by atoms with E-state index in [1.54, 1.807) is 0 Å². The Kier molecular flexibility index (Phi) is 6.01. The molecule has 1 atom stereocenters. The highest BCUT2D eigenvalue weighted by Crippen LogP contribution is 2.34. The van der Waals surface area contributed by atoms with Gasteiger partial charge in [-0.2, -0.15) is 5.10 Å². The monoisotopic (exact) mass is 515 g/mol. The molecule has 8 heteroatoms. The summed E-state index contributed by atoms with van der Waals surface area (Å²) in [4.78, 5) is 19.3. The molecule has 1 aromatic carbocycles. The maximum absolute atomic E-state index is 13.4. The van der Waals surface area contributed by atoms with Gasteiger partial charge in [-0.3, -0.25) is 10.00 Å². The number of carbonyl (C=O) groups excluding carboxylic acids is 1. The lowest BCUT2D eigenvalue weighted by Gasteiger charge is -2.35. The highest BCUT2D eigenvalue weighted by Gasteiger charge is 2.29. The molecule has 1 saturated heterocycles. The molecule has 4 aliphatic rings. The Labute approximate surface area is 221 Å². The number of H-pyrrole nitrogens is 1. The molecule has 2 amide bonds. The number of likely N-dealkylation sites (tertiary alicyclic amines) is 1. The van der Waals surface area contributed by atoms with E-state index in [0.29, 0.717) is 13.1 Å². The van der Waals surface area contributed by atoms with Gasteiger partial charge in [-0.25, -0.2) is 4.79 Å². The summed E-state index contributed by atoms with van der Waals surface area (Å²) in [5.41, 5.74) is 8.46. The number of thiophene rings is 1. The quantitative estimate of drug-likeness (QED) is 0.525. The van der Waals surface area contributed by atoms with Gasteiger partial charge in [0.1, 0.15) is 5.75 Å². The number of hydrogen-bond donors (Lipinski definition) is 2. The zero-order valence-electron chi connectivity index (χ0n) is 21.1. The first kappa shape index (κ1) is 23.0. The predicted molar refractivity (Wildman–Crippen MR) is 146 cm³/mol. The van der Waals surface area contributed by atoms with E-state index >= 15 is 0 Å². The normalized spacial score (nSPS) is 20.8. The molecule has 1 unspecified atom stereocenters. The fourth-order valence-corrected chi connectivity index (χ4v) is 7.29. The van der Waals surface area contributed by atoms with E-state index in [1.807, 2.05) is 22.3 Å². The van der Waals surface area contributed by atoms with Crippen LogP contribution in [0.15, 0.2) is 29.7 Å². The molecule has 0 bridgehead atoms. The smallest absolute Gasteiger partial charge is 0.317 e. The molecular weight excluding hydrogens is 482 g/mol. The van der Waals surface area contributed by atoms with Crippen molar-refractivity contribution < 1.29 is 9.53 Å². The lowest BCUT2D eigenvalue weighted by atomic mass is 9.99. The Morgan fingerprint density at radius 3 is 3.19 bits per heavy atom. The van der Waals surface area contributed by atoms with Gasteiger partial charge >= 0.3 is 6.03 Å². The van der Waals surface area contributed by atoms with Crippen molar-refractivity contribution in [2.75, 3.05) is 26.2 Å². The van der Waals surface area contributed by atoms with Gasteiger partial charge in [0.2, 0.25) is 0 Å². The van der Waals surface area contributed by atoms with Gasteiger partial charge < -0.3 is 15.0 Å². The Bertz CT molecular complexity index is 1360. The average Bonchev–Trinajstić information content (AvgIpc) is 3.67. The van der Waals surface area contributed by atoms with E-state index in [4.69, 9.17) is 4.74 Å². The Morgan fingerprint density at radius 2 is 2.22 bits per heavy atom. The van der Waals surface area contributed by atoms with Gasteiger partial charge in [-0.05, 0) is 72.5 Å². The van der Waals surface area contributed by atoms with Crippen LogP contribution in [0.5, 0.6) is 5.75 Å². The summed E-state index contributed by atoms with van der Waals surface area (Å²) in [5.74, 6) is 0.978. The highest BCUT2D eigenvalue weighted by molar-refractivity contribution is 7.10. The number of urea groups is 1. The number of carbonyl (C=O) groups is 1. The number of fused-ring (bicyclic) bond motifs is 3. The minimum Gasteiger partial charge on any atom is -0.493 e. The molecule has 192 valence electrons. The summed E-state index contributed by atoms with van der Waals surface area (Å²) in [7, 11) is 0. The second-order valence-corrected chi connectivity index (χ2v) is 11.6. The summed E-state index contributed by atoms with van der Waals surface area (Å²) in [6.45, 7) is 5.02. The topological polar surface area (TPSA) is 73.5 Å². The van der Waals surface area contributed by atoms with E-state index < -0.39 is 0 Å². The third-order valence-electron chi connectivity index (χ3n) is 8.22. The van der Waals surface area contributed by atoms with E-state index in [2.05, 4.69) is 50.1 Å². The molecule has 37 heavy (non-hydrogen) atoms. The predicted octanol–water partition coefficient (Wildman–Crippen LogP) is 4.76. The summed E-state index contributed by atoms with van der Waals surface area (Å²) >= 11 is 1.90. The highest BCUT2D eigenvalue weighted by atomic mass is 32.1. The van der Waals surface area contributed by atoms with Gasteiger partial charge in [0.25, 0.3) is 0 Å². The number of allylic oxidation sites excluding steroid dienone is 1. The van der Waals surface area contributed by atoms with Crippen LogP contribution in [0, 0.1) is 0 Å². The minimum atomic E-state index is 0.0443. The standard InChI is InChI=1S/C29H33N5O2S/c35-29(30-22-4-3-11-33(16-22)15-21-18-37-27-6-2-1-5-23(21)27)34-12-9-25-24(17-34)28(32-31-25)20-7-8-26-19(14-20)10-13-36-26/h1,5,7-8,14,18,22H,2-4,6,9-13,15-17H2,(H,30,35)(H,31,32). The van der Waals surface area contributed by atoms with Gasteiger partial charge in [-0.1, -0.05) is 12.2 Å². The lowest BCUT2D eigenvalue weighted by molar-refractivity contribution is 0.160. The van der Waals surface area contributed by atoms with E-state index in [9.17, 15) is 4.79 Å². The molecular formula is C29H33N5O2S. The van der Waals surface area contributed by atoms with Crippen LogP contribution < -0.4 is 10.1 Å². The maximum Gasteiger partial charge on any atom is 0.317 e. The molecule has 3 aliphatic heterocycles. The number of aromatic amines is 1. The van der Waals surface area contributed by atoms with Crippen LogP contribution in [-0.2, 0) is 32.4 Å². The summed E-state index contributed by atoms with van der Waals surface area (Å²) in [5, 5.41) is 13.6. The third-order valence-corrected chi connectivity index (χ3v) is 9.33.